The highest BCUT2D eigenvalue weighted by Crippen LogP contribution is 2.33. The number of rotatable bonds is 4. The van der Waals surface area contributed by atoms with Gasteiger partial charge >= 0.3 is 0 Å². The van der Waals surface area contributed by atoms with Crippen molar-refractivity contribution in [1.29, 1.82) is 0 Å². The van der Waals surface area contributed by atoms with E-state index < -0.39 is 0 Å². The Morgan fingerprint density at radius 3 is 2.90 bits per heavy atom. The molecular weight excluding hydrogens is 290 g/mol. The van der Waals surface area contributed by atoms with Crippen LogP contribution in [0.15, 0.2) is 30.9 Å². The summed E-state index contributed by atoms with van der Waals surface area (Å²) < 4.78 is 1.58. The zero-order chi connectivity index (χ0) is 14.9. The number of amides is 1. The summed E-state index contributed by atoms with van der Waals surface area (Å²) in [6.07, 6.45) is 6.19. The smallest absolute Gasteiger partial charge is 0.226 e. The van der Waals surface area contributed by atoms with E-state index in [1.807, 2.05) is 0 Å². The Hall–Kier alpha value is -1.92. The third-order valence-corrected chi connectivity index (χ3v) is 4.00. The average Bonchev–Trinajstić information content (AvgIpc) is 2.90. The standard InChI is InChI=1S/C14H16ClN5O/c15-10-2-3-12(20-9-17-8-18-20)11(6-10)19-13(21)7-14(16)4-1-5-14/h2-3,6,8-9H,1,4-5,7,16H2,(H,19,21). The fourth-order valence-corrected chi connectivity index (χ4v) is 2.63. The maximum absolute atomic E-state index is 12.2. The molecule has 3 rings (SSSR count). The van der Waals surface area contributed by atoms with Crippen molar-refractivity contribution in [3.05, 3.63) is 35.9 Å². The first-order valence-electron chi connectivity index (χ1n) is 6.79. The summed E-state index contributed by atoms with van der Waals surface area (Å²) in [7, 11) is 0. The highest BCUT2D eigenvalue weighted by molar-refractivity contribution is 6.31. The first-order chi connectivity index (χ1) is 10.1. The minimum atomic E-state index is -0.351. The SMILES string of the molecule is NC1(CC(=O)Nc2cc(Cl)ccc2-n2cncn2)CCC1. The summed E-state index contributed by atoms with van der Waals surface area (Å²) in [6.45, 7) is 0. The molecule has 1 fully saturated rings. The van der Waals surface area contributed by atoms with Crippen LogP contribution in [-0.4, -0.2) is 26.2 Å². The summed E-state index contributed by atoms with van der Waals surface area (Å²) in [5.74, 6) is -0.110. The quantitative estimate of drug-likeness (QED) is 0.906. The fourth-order valence-electron chi connectivity index (χ4n) is 2.46. The number of halogens is 1. The van der Waals surface area contributed by atoms with Crippen molar-refractivity contribution >= 4 is 23.2 Å². The minimum absolute atomic E-state index is 0.110. The van der Waals surface area contributed by atoms with E-state index in [1.54, 1.807) is 29.2 Å². The number of hydrogen-bond acceptors (Lipinski definition) is 4. The van der Waals surface area contributed by atoms with Crippen LogP contribution < -0.4 is 11.1 Å². The van der Waals surface area contributed by atoms with E-state index in [1.165, 1.54) is 6.33 Å². The van der Waals surface area contributed by atoms with Crippen LogP contribution >= 0.6 is 11.6 Å². The minimum Gasteiger partial charge on any atom is -0.325 e. The molecule has 6 nitrogen and oxygen atoms in total. The van der Waals surface area contributed by atoms with Crippen LogP contribution in [0.3, 0.4) is 0 Å². The maximum atomic E-state index is 12.2. The van der Waals surface area contributed by atoms with Gasteiger partial charge in [-0.3, -0.25) is 4.79 Å². The van der Waals surface area contributed by atoms with E-state index in [9.17, 15) is 4.79 Å². The number of aromatic nitrogens is 3. The monoisotopic (exact) mass is 305 g/mol. The number of anilines is 1. The molecule has 110 valence electrons. The predicted molar refractivity (Wildman–Crippen MR) is 80.4 cm³/mol. The Labute approximate surface area is 127 Å². The van der Waals surface area contributed by atoms with Crippen molar-refractivity contribution < 1.29 is 4.79 Å². The second-order valence-electron chi connectivity index (χ2n) is 5.44. The summed E-state index contributed by atoms with van der Waals surface area (Å²) >= 11 is 6.01. The topological polar surface area (TPSA) is 85.8 Å². The third-order valence-electron chi connectivity index (χ3n) is 3.76. The molecule has 0 unspecified atom stereocenters. The van der Waals surface area contributed by atoms with Gasteiger partial charge in [-0.1, -0.05) is 11.6 Å². The van der Waals surface area contributed by atoms with Crippen LogP contribution in [0.25, 0.3) is 5.69 Å². The number of nitrogens with one attached hydrogen (secondary N) is 1. The van der Waals surface area contributed by atoms with Crippen LogP contribution in [0.5, 0.6) is 0 Å². The lowest BCUT2D eigenvalue weighted by Gasteiger charge is -2.37. The van der Waals surface area contributed by atoms with Gasteiger partial charge in [-0.15, -0.1) is 0 Å². The number of nitrogens with two attached hydrogens (primary N) is 1. The van der Waals surface area contributed by atoms with E-state index in [2.05, 4.69) is 15.4 Å². The molecule has 0 aliphatic heterocycles. The van der Waals surface area contributed by atoms with Crippen LogP contribution in [0.1, 0.15) is 25.7 Å². The van der Waals surface area contributed by atoms with Crippen molar-refractivity contribution in [3.63, 3.8) is 0 Å². The van der Waals surface area contributed by atoms with Gasteiger partial charge in [0.2, 0.25) is 5.91 Å². The lowest BCUT2D eigenvalue weighted by Crippen LogP contribution is -2.48. The normalized spacial score (nSPS) is 16.3. The first kappa shape index (κ1) is 14.0. The molecule has 0 spiro atoms. The van der Waals surface area contributed by atoms with Crippen molar-refractivity contribution in [2.75, 3.05) is 5.32 Å². The van der Waals surface area contributed by atoms with Crippen LogP contribution in [0.4, 0.5) is 5.69 Å². The largest absolute Gasteiger partial charge is 0.325 e. The number of carbonyl (C=O) groups excluding carboxylic acids is 1. The third kappa shape index (κ3) is 3.06. The van der Waals surface area contributed by atoms with Gasteiger partial charge in [-0.2, -0.15) is 5.10 Å². The zero-order valence-corrected chi connectivity index (χ0v) is 12.2. The second kappa shape index (κ2) is 5.46. The van der Waals surface area contributed by atoms with E-state index in [4.69, 9.17) is 17.3 Å². The van der Waals surface area contributed by atoms with Gasteiger partial charge in [0.1, 0.15) is 12.7 Å². The number of nitrogens with zero attached hydrogens (tertiary/aromatic N) is 3. The summed E-state index contributed by atoms with van der Waals surface area (Å²) in [6, 6.07) is 5.22. The maximum Gasteiger partial charge on any atom is 0.226 e. The summed E-state index contributed by atoms with van der Waals surface area (Å²) in [4.78, 5) is 16.1. The lowest BCUT2D eigenvalue weighted by atomic mass is 9.75. The molecule has 0 atom stereocenters. The first-order valence-corrected chi connectivity index (χ1v) is 7.17. The van der Waals surface area contributed by atoms with Gasteiger partial charge in [-0.25, -0.2) is 9.67 Å². The molecule has 1 heterocycles. The molecule has 21 heavy (non-hydrogen) atoms. The Balaban J connectivity index is 1.81. The molecule has 1 saturated carbocycles. The van der Waals surface area contributed by atoms with Gasteiger partial charge in [0.15, 0.2) is 0 Å². The average molecular weight is 306 g/mol. The predicted octanol–water partition coefficient (Wildman–Crippen LogP) is 2.13. The fraction of sp³-hybridized carbons (Fsp3) is 0.357. The molecule has 3 N–H and O–H groups in total. The zero-order valence-electron chi connectivity index (χ0n) is 11.4. The molecule has 1 aromatic carbocycles. The van der Waals surface area contributed by atoms with Crippen molar-refractivity contribution in [1.82, 2.24) is 14.8 Å². The number of hydrogen-bond donors (Lipinski definition) is 2. The van der Waals surface area contributed by atoms with Crippen molar-refractivity contribution in [2.45, 2.75) is 31.2 Å². The molecule has 1 aliphatic carbocycles. The van der Waals surface area contributed by atoms with E-state index in [0.29, 0.717) is 22.8 Å². The Kier molecular flexibility index (Phi) is 3.65. The molecule has 1 amide bonds. The molecule has 2 aromatic rings. The van der Waals surface area contributed by atoms with E-state index in [0.717, 1.165) is 19.3 Å². The van der Waals surface area contributed by atoms with Gasteiger partial charge in [0, 0.05) is 17.0 Å². The second-order valence-corrected chi connectivity index (χ2v) is 5.88. The highest BCUT2D eigenvalue weighted by atomic mass is 35.5. The van der Waals surface area contributed by atoms with E-state index >= 15 is 0 Å². The number of carbonyl (C=O) groups is 1. The van der Waals surface area contributed by atoms with Crippen LogP contribution in [-0.2, 0) is 4.79 Å². The molecule has 1 aromatic heterocycles. The van der Waals surface area contributed by atoms with Gasteiger partial charge in [0.05, 0.1) is 11.4 Å². The molecule has 1 aliphatic rings. The molecule has 0 bridgehead atoms. The molecular formula is C14H16ClN5O. The lowest BCUT2D eigenvalue weighted by molar-refractivity contribution is -0.118. The van der Waals surface area contributed by atoms with Crippen LogP contribution in [0.2, 0.25) is 5.02 Å². The van der Waals surface area contributed by atoms with E-state index in [-0.39, 0.29) is 11.4 Å². The number of benzene rings is 1. The molecule has 0 saturated heterocycles. The van der Waals surface area contributed by atoms with Gasteiger partial charge < -0.3 is 11.1 Å². The van der Waals surface area contributed by atoms with Crippen molar-refractivity contribution in [3.8, 4) is 5.69 Å². The van der Waals surface area contributed by atoms with Crippen molar-refractivity contribution in [2.24, 2.45) is 5.73 Å². The molecule has 0 radical (unpaired) electrons. The highest BCUT2D eigenvalue weighted by Gasteiger charge is 2.34. The summed E-state index contributed by atoms with van der Waals surface area (Å²) in [5.41, 5.74) is 7.07. The Bertz CT molecular complexity index is 651. The molecule has 7 heteroatoms. The van der Waals surface area contributed by atoms with Gasteiger partial charge in [0.25, 0.3) is 0 Å². The summed E-state index contributed by atoms with van der Waals surface area (Å²) in [5, 5.41) is 7.49. The Morgan fingerprint density at radius 1 is 1.48 bits per heavy atom. The van der Waals surface area contributed by atoms with Gasteiger partial charge in [-0.05, 0) is 37.5 Å². The Morgan fingerprint density at radius 2 is 2.29 bits per heavy atom. The van der Waals surface area contributed by atoms with Crippen LogP contribution in [0, 0.1) is 0 Å².